The highest BCUT2D eigenvalue weighted by Gasteiger charge is 2.34. The van der Waals surface area contributed by atoms with Crippen LogP contribution < -0.4 is 15.0 Å². The number of aromatic nitrogens is 3. The van der Waals surface area contributed by atoms with Gasteiger partial charge in [-0.15, -0.1) is 0 Å². The lowest BCUT2D eigenvalue weighted by Crippen LogP contribution is -2.51. The third-order valence-electron chi connectivity index (χ3n) is 6.78. The molecule has 35 heavy (non-hydrogen) atoms. The van der Waals surface area contributed by atoms with Crippen molar-refractivity contribution in [1.82, 2.24) is 20.3 Å². The van der Waals surface area contributed by atoms with Gasteiger partial charge >= 0.3 is 6.01 Å². The molecular formula is C26H26FN5O3. The molecule has 2 aromatic carbocycles. The lowest BCUT2D eigenvalue weighted by Gasteiger charge is -2.34. The first-order chi connectivity index (χ1) is 17.1. The second-order valence-corrected chi connectivity index (χ2v) is 9.11. The normalized spacial score (nSPS) is 19.5. The predicted octanol–water partition coefficient (Wildman–Crippen LogP) is 3.66. The summed E-state index contributed by atoms with van der Waals surface area (Å²) >= 11 is 0. The van der Waals surface area contributed by atoms with Gasteiger partial charge in [0.25, 0.3) is 0 Å². The molecule has 0 spiro atoms. The van der Waals surface area contributed by atoms with Gasteiger partial charge in [-0.3, -0.25) is 4.98 Å². The summed E-state index contributed by atoms with van der Waals surface area (Å²) < 4.78 is 27.0. The summed E-state index contributed by atoms with van der Waals surface area (Å²) in [5.41, 5.74) is 0.769. The number of methoxy groups -OCH3 is 1. The van der Waals surface area contributed by atoms with E-state index < -0.39 is 5.82 Å². The van der Waals surface area contributed by atoms with Gasteiger partial charge in [0.2, 0.25) is 0 Å². The van der Waals surface area contributed by atoms with Crippen molar-refractivity contribution in [1.29, 1.82) is 0 Å². The van der Waals surface area contributed by atoms with Crippen LogP contribution in [0.2, 0.25) is 0 Å². The molecule has 0 radical (unpaired) electrons. The highest BCUT2D eigenvalue weighted by atomic mass is 19.1. The number of nitrogens with zero attached hydrogens (tertiary/aromatic N) is 4. The number of ether oxygens (including phenoxy) is 2. The van der Waals surface area contributed by atoms with E-state index in [0.29, 0.717) is 35.5 Å². The lowest BCUT2D eigenvalue weighted by molar-refractivity contribution is 0.141. The average molecular weight is 476 g/mol. The first-order valence-electron chi connectivity index (χ1n) is 11.8. The molecule has 2 aliphatic heterocycles. The zero-order valence-electron chi connectivity index (χ0n) is 19.4. The summed E-state index contributed by atoms with van der Waals surface area (Å²) in [6.07, 6.45) is 3.86. The van der Waals surface area contributed by atoms with Crippen LogP contribution in [0.25, 0.3) is 32.9 Å². The topological polar surface area (TPSA) is 92.6 Å². The Bertz CT molecular complexity index is 1400. The SMILES string of the molecule is COCCOc1nc(N2C[C@H]3CC[C@@H](C2)N3)c2cnc(-c3cc(O)cc4ccccc34)c(F)c2n1. The molecule has 2 fully saturated rings. The van der Waals surface area contributed by atoms with E-state index in [2.05, 4.69) is 25.2 Å². The predicted molar refractivity (Wildman–Crippen MR) is 131 cm³/mol. The van der Waals surface area contributed by atoms with Crippen molar-refractivity contribution in [3.05, 3.63) is 48.4 Å². The Morgan fingerprint density at radius 3 is 2.69 bits per heavy atom. The Morgan fingerprint density at radius 2 is 1.89 bits per heavy atom. The molecule has 2 atom stereocenters. The molecule has 2 N–H and O–H groups in total. The quantitative estimate of drug-likeness (QED) is 0.408. The first kappa shape index (κ1) is 21.9. The number of pyridine rings is 1. The van der Waals surface area contributed by atoms with Crippen molar-refractivity contribution in [3.63, 3.8) is 0 Å². The molecular weight excluding hydrogens is 449 g/mol. The van der Waals surface area contributed by atoms with Gasteiger partial charge in [0, 0.05) is 44.0 Å². The number of anilines is 1. The number of fused-ring (bicyclic) bond motifs is 4. The molecule has 6 rings (SSSR count). The largest absolute Gasteiger partial charge is 0.508 e. The van der Waals surface area contributed by atoms with Crippen LogP contribution in [0.3, 0.4) is 0 Å². The van der Waals surface area contributed by atoms with Gasteiger partial charge in [0.15, 0.2) is 5.82 Å². The summed E-state index contributed by atoms with van der Waals surface area (Å²) in [6.45, 7) is 2.18. The van der Waals surface area contributed by atoms with Gasteiger partial charge in [-0.05, 0) is 35.7 Å². The summed E-state index contributed by atoms with van der Waals surface area (Å²) in [6, 6.07) is 11.6. The molecule has 2 aromatic heterocycles. The van der Waals surface area contributed by atoms with Gasteiger partial charge in [-0.25, -0.2) is 4.39 Å². The van der Waals surface area contributed by atoms with Gasteiger partial charge in [-0.1, -0.05) is 24.3 Å². The van der Waals surface area contributed by atoms with E-state index in [4.69, 9.17) is 9.47 Å². The molecule has 4 heterocycles. The average Bonchev–Trinajstić information content (AvgIpc) is 3.21. The molecule has 9 heteroatoms. The minimum Gasteiger partial charge on any atom is -0.508 e. The van der Waals surface area contributed by atoms with E-state index in [-0.39, 0.29) is 29.6 Å². The van der Waals surface area contributed by atoms with Gasteiger partial charge in [-0.2, -0.15) is 9.97 Å². The first-order valence-corrected chi connectivity index (χ1v) is 11.8. The van der Waals surface area contributed by atoms with E-state index in [1.54, 1.807) is 19.4 Å². The van der Waals surface area contributed by atoms with Gasteiger partial charge in [0.05, 0.1) is 12.0 Å². The van der Waals surface area contributed by atoms with Crippen LogP contribution in [0.15, 0.2) is 42.6 Å². The van der Waals surface area contributed by atoms with Crippen molar-refractivity contribution in [2.75, 3.05) is 38.3 Å². The number of phenols is 1. The van der Waals surface area contributed by atoms with Crippen LogP contribution >= 0.6 is 0 Å². The van der Waals surface area contributed by atoms with Crippen molar-refractivity contribution in [2.24, 2.45) is 0 Å². The number of benzene rings is 2. The molecule has 2 saturated heterocycles. The summed E-state index contributed by atoms with van der Waals surface area (Å²) in [5, 5.41) is 16.0. The van der Waals surface area contributed by atoms with E-state index in [1.807, 2.05) is 24.3 Å². The van der Waals surface area contributed by atoms with Crippen LogP contribution in [-0.4, -0.2) is 65.6 Å². The minimum absolute atomic E-state index is 0.0447. The summed E-state index contributed by atoms with van der Waals surface area (Å²) in [7, 11) is 1.59. The maximum absolute atomic E-state index is 16.2. The smallest absolute Gasteiger partial charge is 0.319 e. The number of hydrogen-bond donors (Lipinski definition) is 2. The molecule has 2 bridgehead atoms. The van der Waals surface area contributed by atoms with Crippen LogP contribution in [0.4, 0.5) is 10.2 Å². The Morgan fingerprint density at radius 1 is 1.09 bits per heavy atom. The fraction of sp³-hybridized carbons (Fsp3) is 0.346. The standard InChI is InChI=1S/C26H26FN5O3/c1-34-8-9-35-26-30-24-21(25(31-26)32-13-16-6-7-17(14-32)29-16)12-28-23(22(24)27)20-11-18(33)10-15-4-2-3-5-19(15)20/h2-5,10-12,16-17,29,33H,6-9,13-14H2,1H3/t16-,17+. The second-order valence-electron chi connectivity index (χ2n) is 9.11. The van der Waals surface area contributed by atoms with E-state index in [1.165, 1.54) is 6.07 Å². The Hall–Kier alpha value is -3.56. The number of halogens is 1. The zero-order valence-corrected chi connectivity index (χ0v) is 19.4. The zero-order chi connectivity index (χ0) is 23.9. The maximum Gasteiger partial charge on any atom is 0.319 e. The van der Waals surface area contributed by atoms with Crippen molar-refractivity contribution >= 4 is 27.5 Å². The summed E-state index contributed by atoms with van der Waals surface area (Å²) in [5.74, 6) is 0.0967. The Kier molecular flexibility index (Phi) is 5.58. The third-order valence-corrected chi connectivity index (χ3v) is 6.78. The molecule has 180 valence electrons. The Balaban J connectivity index is 1.52. The van der Waals surface area contributed by atoms with Crippen LogP contribution in [0.5, 0.6) is 11.8 Å². The summed E-state index contributed by atoms with van der Waals surface area (Å²) in [4.78, 5) is 15.8. The van der Waals surface area contributed by atoms with Crippen molar-refractivity contribution < 1.29 is 19.0 Å². The fourth-order valence-corrected chi connectivity index (χ4v) is 5.19. The third kappa shape index (κ3) is 4.00. The number of hydrogen-bond acceptors (Lipinski definition) is 8. The molecule has 8 nitrogen and oxygen atoms in total. The number of rotatable bonds is 6. The van der Waals surface area contributed by atoms with Crippen LogP contribution in [0, 0.1) is 5.82 Å². The Labute approximate surface area is 201 Å². The van der Waals surface area contributed by atoms with Crippen molar-refractivity contribution in [2.45, 2.75) is 24.9 Å². The van der Waals surface area contributed by atoms with Gasteiger partial charge in [0.1, 0.15) is 29.4 Å². The minimum atomic E-state index is -0.573. The number of phenolic OH excluding ortho intramolecular Hbond substituents is 1. The van der Waals surface area contributed by atoms with Crippen LogP contribution in [0.1, 0.15) is 12.8 Å². The number of nitrogens with one attached hydrogen (secondary N) is 1. The van der Waals surface area contributed by atoms with E-state index >= 15 is 4.39 Å². The maximum atomic E-state index is 16.2. The van der Waals surface area contributed by atoms with E-state index in [9.17, 15) is 5.11 Å². The molecule has 0 unspecified atom stereocenters. The van der Waals surface area contributed by atoms with Crippen LogP contribution in [-0.2, 0) is 4.74 Å². The highest BCUT2D eigenvalue weighted by molar-refractivity contribution is 5.99. The van der Waals surface area contributed by atoms with Gasteiger partial charge < -0.3 is 24.8 Å². The molecule has 0 amide bonds. The number of piperazine rings is 1. The van der Waals surface area contributed by atoms with E-state index in [0.717, 1.165) is 36.7 Å². The lowest BCUT2D eigenvalue weighted by atomic mass is 10.0. The fourth-order valence-electron chi connectivity index (χ4n) is 5.19. The highest BCUT2D eigenvalue weighted by Crippen LogP contribution is 2.37. The molecule has 4 aromatic rings. The molecule has 2 aliphatic rings. The van der Waals surface area contributed by atoms with Crippen molar-refractivity contribution in [3.8, 4) is 23.0 Å². The monoisotopic (exact) mass is 475 g/mol. The second kappa shape index (κ2) is 8.90. The number of aromatic hydroxyl groups is 1. The molecule has 0 aliphatic carbocycles. The molecule has 0 saturated carbocycles.